The first-order chi connectivity index (χ1) is 7.34. The molecule has 3 heterocycles. The maximum atomic E-state index is 5.63. The predicted octanol–water partition coefficient (Wildman–Crippen LogP) is 1.47. The van der Waals surface area contributed by atoms with Crippen molar-refractivity contribution in [3.63, 3.8) is 0 Å². The second-order valence-electron chi connectivity index (χ2n) is 3.79. The second kappa shape index (κ2) is 3.08. The van der Waals surface area contributed by atoms with E-state index in [0.717, 1.165) is 30.8 Å². The highest BCUT2D eigenvalue weighted by Gasteiger charge is 2.15. The Labute approximate surface area is 87.8 Å². The molecule has 0 aromatic carbocycles. The van der Waals surface area contributed by atoms with Crippen molar-refractivity contribution >= 4 is 5.95 Å². The molecule has 0 unspecified atom stereocenters. The monoisotopic (exact) mass is 200 g/mol. The van der Waals surface area contributed by atoms with Gasteiger partial charge in [-0.3, -0.25) is 0 Å². The molecule has 2 aromatic rings. The highest BCUT2D eigenvalue weighted by molar-refractivity contribution is 5.61. The molecule has 76 valence electrons. The summed E-state index contributed by atoms with van der Waals surface area (Å²) in [6.45, 7) is 1.04. The molecule has 0 saturated heterocycles. The van der Waals surface area contributed by atoms with Crippen LogP contribution in [0.3, 0.4) is 0 Å². The molecule has 0 fully saturated rings. The lowest BCUT2D eigenvalue weighted by molar-refractivity contribution is 0.663. The molecule has 0 aliphatic carbocycles. The summed E-state index contributed by atoms with van der Waals surface area (Å²) in [5.74, 6) is 0.350. The average molecular weight is 200 g/mol. The summed E-state index contributed by atoms with van der Waals surface area (Å²) in [4.78, 5) is 8.38. The van der Waals surface area contributed by atoms with E-state index in [1.165, 1.54) is 5.56 Å². The number of nitrogens with zero attached hydrogens (tertiary/aromatic N) is 3. The molecule has 4 heteroatoms. The molecule has 1 aliphatic rings. The van der Waals surface area contributed by atoms with Gasteiger partial charge in [0.15, 0.2) is 0 Å². The highest BCUT2D eigenvalue weighted by Crippen LogP contribution is 2.26. The number of fused-ring (bicyclic) bond motifs is 3. The van der Waals surface area contributed by atoms with Gasteiger partial charge < -0.3 is 10.3 Å². The quantitative estimate of drug-likeness (QED) is 0.700. The van der Waals surface area contributed by atoms with Crippen LogP contribution >= 0.6 is 0 Å². The van der Waals surface area contributed by atoms with Gasteiger partial charge in [-0.15, -0.1) is 0 Å². The number of anilines is 1. The zero-order valence-electron chi connectivity index (χ0n) is 8.35. The summed E-state index contributed by atoms with van der Waals surface area (Å²) in [5.41, 5.74) is 8.96. The number of nitrogen functional groups attached to an aromatic ring is 1. The zero-order chi connectivity index (χ0) is 10.3. The van der Waals surface area contributed by atoms with Crippen molar-refractivity contribution in [2.75, 3.05) is 5.73 Å². The fourth-order valence-corrected chi connectivity index (χ4v) is 2.09. The lowest BCUT2D eigenvalue weighted by Gasteiger charge is -2.05. The molecule has 0 bridgehead atoms. The SMILES string of the molecule is Nc1ncc2c(n1)-c1cccn1CCC2. The van der Waals surface area contributed by atoms with E-state index >= 15 is 0 Å². The van der Waals surface area contributed by atoms with Crippen LogP contribution in [0.4, 0.5) is 5.95 Å². The summed E-state index contributed by atoms with van der Waals surface area (Å²) >= 11 is 0. The Bertz CT molecular complexity index is 501. The summed E-state index contributed by atoms with van der Waals surface area (Å²) < 4.78 is 2.22. The van der Waals surface area contributed by atoms with E-state index in [2.05, 4.69) is 26.8 Å². The molecule has 2 N–H and O–H groups in total. The average Bonchev–Trinajstić information content (AvgIpc) is 2.62. The first kappa shape index (κ1) is 8.47. The van der Waals surface area contributed by atoms with Crippen molar-refractivity contribution < 1.29 is 0 Å². The van der Waals surface area contributed by atoms with Gasteiger partial charge in [0.25, 0.3) is 0 Å². The number of aromatic nitrogens is 3. The molecule has 15 heavy (non-hydrogen) atoms. The van der Waals surface area contributed by atoms with Gasteiger partial charge in [-0.05, 0) is 30.5 Å². The number of nitrogens with two attached hydrogens (primary N) is 1. The summed E-state index contributed by atoms with van der Waals surface area (Å²) in [7, 11) is 0. The molecule has 4 nitrogen and oxygen atoms in total. The van der Waals surface area contributed by atoms with Crippen LogP contribution in [0.2, 0.25) is 0 Å². The van der Waals surface area contributed by atoms with Crippen LogP contribution in [0.25, 0.3) is 11.4 Å². The van der Waals surface area contributed by atoms with E-state index in [4.69, 9.17) is 5.73 Å². The molecular weight excluding hydrogens is 188 g/mol. The minimum atomic E-state index is 0.350. The Hall–Kier alpha value is -1.84. The van der Waals surface area contributed by atoms with Crippen molar-refractivity contribution in [2.45, 2.75) is 19.4 Å². The fraction of sp³-hybridized carbons (Fsp3) is 0.273. The van der Waals surface area contributed by atoms with Gasteiger partial charge in [0, 0.05) is 18.9 Å². The number of hydrogen-bond donors (Lipinski definition) is 1. The third-order valence-corrected chi connectivity index (χ3v) is 2.80. The van der Waals surface area contributed by atoms with Gasteiger partial charge in [0.05, 0.1) is 11.4 Å². The summed E-state index contributed by atoms with van der Waals surface area (Å²) in [6.07, 6.45) is 6.09. The van der Waals surface area contributed by atoms with E-state index in [1.54, 1.807) is 0 Å². The molecule has 2 aromatic heterocycles. The van der Waals surface area contributed by atoms with E-state index in [0.29, 0.717) is 5.95 Å². The normalized spacial score (nSPS) is 14.1. The minimum Gasteiger partial charge on any atom is -0.368 e. The first-order valence-electron chi connectivity index (χ1n) is 5.11. The van der Waals surface area contributed by atoms with Crippen molar-refractivity contribution in [1.29, 1.82) is 0 Å². The van der Waals surface area contributed by atoms with Gasteiger partial charge in [-0.25, -0.2) is 9.97 Å². The highest BCUT2D eigenvalue weighted by atomic mass is 15.0. The third-order valence-electron chi connectivity index (χ3n) is 2.80. The molecule has 0 atom stereocenters. The van der Waals surface area contributed by atoms with Gasteiger partial charge in [-0.2, -0.15) is 0 Å². The molecule has 3 rings (SSSR count). The molecular formula is C11H12N4. The van der Waals surface area contributed by atoms with Crippen LogP contribution in [0.5, 0.6) is 0 Å². The topological polar surface area (TPSA) is 56.7 Å². The second-order valence-corrected chi connectivity index (χ2v) is 3.79. The molecule has 0 spiro atoms. The van der Waals surface area contributed by atoms with Crippen molar-refractivity contribution in [1.82, 2.24) is 14.5 Å². The Morgan fingerprint density at radius 1 is 1.40 bits per heavy atom. The Kier molecular flexibility index (Phi) is 1.74. The van der Waals surface area contributed by atoms with Gasteiger partial charge >= 0.3 is 0 Å². The van der Waals surface area contributed by atoms with Gasteiger partial charge in [0.1, 0.15) is 0 Å². The van der Waals surface area contributed by atoms with Crippen LogP contribution in [-0.2, 0) is 13.0 Å². The summed E-state index contributed by atoms with van der Waals surface area (Å²) in [5, 5.41) is 0. The fourth-order valence-electron chi connectivity index (χ4n) is 2.09. The Morgan fingerprint density at radius 3 is 3.27 bits per heavy atom. The summed E-state index contributed by atoms with van der Waals surface area (Å²) in [6, 6.07) is 4.12. The lowest BCUT2D eigenvalue weighted by Crippen LogP contribution is -2.00. The largest absolute Gasteiger partial charge is 0.368 e. The van der Waals surface area contributed by atoms with E-state index in [1.807, 2.05) is 12.3 Å². The predicted molar refractivity (Wildman–Crippen MR) is 58.2 cm³/mol. The van der Waals surface area contributed by atoms with E-state index < -0.39 is 0 Å². The molecule has 0 radical (unpaired) electrons. The maximum absolute atomic E-state index is 5.63. The Balaban J connectivity index is 2.27. The lowest BCUT2D eigenvalue weighted by atomic mass is 10.1. The minimum absolute atomic E-state index is 0.350. The van der Waals surface area contributed by atoms with Crippen molar-refractivity contribution in [2.24, 2.45) is 0 Å². The maximum Gasteiger partial charge on any atom is 0.220 e. The van der Waals surface area contributed by atoms with E-state index in [-0.39, 0.29) is 0 Å². The third kappa shape index (κ3) is 1.29. The van der Waals surface area contributed by atoms with Gasteiger partial charge in [-0.1, -0.05) is 0 Å². The number of hydrogen-bond acceptors (Lipinski definition) is 3. The number of aryl methyl sites for hydroxylation is 2. The smallest absolute Gasteiger partial charge is 0.220 e. The van der Waals surface area contributed by atoms with Crippen LogP contribution in [0.1, 0.15) is 12.0 Å². The van der Waals surface area contributed by atoms with E-state index in [9.17, 15) is 0 Å². The number of rotatable bonds is 0. The molecule has 0 amide bonds. The van der Waals surface area contributed by atoms with Crippen LogP contribution in [-0.4, -0.2) is 14.5 Å². The zero-order valence-corrected chi connectivity index (χ0v) is 8.35. The molecule has 0 saturated carbocycles. The van der Waals surface area contributed by atoms with Crippen molar-refractivity contribution in [3.8, 4) is 11.4 Å². The molecule has 1 aliphatic heterocycles. The van der Waals surface area contributed by atoms with Crippen molar-refractivity contribution in [3.05, 3.63) is 30.1 Å². The van der Waals surface area contributed by atoms with Gasteiger partial charge in [0.2, 0.25) is 5.95 Å². The Morgan fingerprint density at radius 2 is 2.33 bits per heavy atom. The van der Waals surface area contributed by atoms with Crippen LogP contribution in [0, 0.1) is 0 Å². The standard InChI is InChI=1S/C11H12N4/c12-11-13-7-8-3-1-5-15-6-2-4-9(15)10(8)14-11/h2,4,6-7H,1,3,5H2,(H2,12,13,14). The first-order valence-corrected chi connectivity index (χ1v) is 5.11. The van der Waals surface area contributed by atoms with Crippen LogP contribution < -0.4 is 5.73 Å². The van der Waals surface area contributed by atoms with Crippen LogP contribution in [0.15, 0.2) is 24.5 Å².